The number of nitrogens with one attached hydrogen (secondary N) is 2. The maximum atomic E-state index is 13.5. The van der Waals surface area contributed by atoms with E-state index >= 15 is 0 Å². The second-order valence-corrected chi connectivity index (χ2v) is 6.92. The second-order valence-electron chi connectivity index (χ2n) is 6.92. The zero-order chi connectivity index (χ0) is 21.1. The van der Waals surface area contributed by atoms with Crippen LogP contribution in [-0.2, 0) is 16.0 Å². The van der Waals surface area contributed by atoms with Gasteiger partial charge in [0.2, 0.25) is 11.8 Å². The van der Waals surface area contributed by atoms with Crippen LogP contribution in [0, 0.1) is 11.6 Å². The second kappa shape index (κ2) is 12.2. The molecule has 1 rings (SSSR count). The van der Waals surface area contributed by atoms with Gasteiger partial charge in [0.1, 0.15) is 11.6 Å². The molecule has 0 saturated heterocycles. The van der Waals surface area contributed by atoms with Crippen LogP contribution in [0.25, 0.3) is 0 Å². The SMILES string of the molecule is CC=CCC(=O)NC(CCC)C[C@H](O)[C@H](Cc1cc(F)cc(F)c1)NC(C)=O. The molecule has 3 atom stereocenters. The Labute approximate surface area is 165 Å². The van der Waals surface area contributed by atoms with E-state index in [0.717, 1.165) is 12.5 Å². The fourth-order valence-corrected chi connectivity index (χ4v) is 3.09. The molecule has 0 radical (unpaired) electrons. The number of hydrogen-bond donors (Lipinski definition) is 3. The highest BCUT2D eigenvalue weighted by atomic mass is 19.1. The minimum Gasteiger partial charge on any atom is -0.391 e. The summed E-state index contributed by atoms with van der Waals surface area (Å²) in [6.45, 7) is 5.11. The van der Waals surface area contributed by atoms with Gasteiger partial charge >= 0.3 is 0 Å². The quantitative estimate of drug-likeness (QED) is 0.503. The van der Waals surface area contributed by atoms with E-state index in [1.807, 2.05) is 13.8 Å². The summed E-state index contributed by atoms with van der Waals surface area (Å²) < 4.78 is 26.9. The fourth-order valence-electron chi connectivity index (χ4n) is 3.09. The van der Waals surface area contributed by atoms with E-state index in [4.69, 9.17) is 0 Å². The summed E-state index contributed by atoms with van der Waals surface area (Å²) in [7, 11) is 0. The monoisotopic (exact) mass is 396 g/mol. The lowest BCUT2D eigenvalue weighted by molar-refractivity contribution is -0.122. The Morgan fingerprint density at radius 1 is 1.18 bits per heavy atom. The van der Waals surface area contributed by atoms with Crippen LogP contribution in [0.3, 0.4) is 0 Å². The lowest BCUT2D eigenvalue weighted by atomic mass is 9.94. The van der Waals surface area contributed by atoms with Gasteiger partial charge in [0.25, 0.3) is 0 Å². The molecule has 1 unspecified atom stereocenters. The highest BCUT2D eigenvalue weighted by Gasteiger charge is 2.25. The largest absolute Gasteiger partial charge is 0.391 e. The van der Waals surface area contributed by atoms with E-state index in [2.05, 4.69) is 10.6 Å². The van der Waals surface area contributed by atoms with Crippen LogP contribution in [0.2, 0.25) is 0 Å². The third-order valence-electron chi connectivity index (χ3n) is 4.30. The van der Waals surface area contributed by atoms with Crippen LogP contribution < -0.4 is 10.6 Å². The van der Waals surface area contributed by atoms with Crippen molar-refractivity contribution in [1.29, 1.82) is 0 Å². The van der Waals surface area contributed by atoms with Gasteiger partial charge < -0.3 is 15.7 Å². The first-order chi connectivity index (χ1) is 13.2. The summed E-state index contributed by atoms with van der Waals surface area (Å²) in [5.74, 6) is -1.94. The number of aliphatic hydroxyl groups is 1. The molecule has 0 saturated carbocycles. The zero-order valence-electron chi connectivity index (χ0n) is 16.7. The number of rotatable bonds is 11. The van der Waals surface area contributed by atoms with Crippen molar-refractivity contribution in [1.82, 2.24) is 10.6 Å². The summed E-state index contributed by atoms with van der Waals surface area (Å²) in [5.41, 5.74) is 0.333. The molecule has 1 aromatic rings. The van der Waals surface area contributed by atoms with Crippen LogP contribution in [-0.4, -0.2) is 35.1 Å². The van der Waals surface area contributed by atoms with Gasteiger partial charge in [-0.1, -0.05) is 25.5 Å². The Bertz CT molecular complexity index is 659. The molecule has 0 spiro atoms. The summed E-state index contributed by atoms with van der Waals surface area (Å²) in [5, 5.41) is 16.2. The number of halogens is 2. The lowest BCUT2D eigenvalue weighted by Gasteiger charge is -2.28. The lowest BCUT2D eigenvalue weighted by Crippen LogP contribution is -2.47. The number of carbonyl (C=O) groups excluding carboxylic acids is 2. The maximum absolute atomic E-state index is 13.5. The normalized spacial score (nSPS) is 14.5. The molecule has 5 nitrogen and oxygen atoms in total. The number of benzene rings is 1. The first-order valence-electron chi connectivity index (χ1n) is 9.55. The van der Waals surface area contributed by atoms with Gasteiger partial charge in [0.05, 0.1) is 12.1 Å². The van der Waals surface area contributed by atoms with Crippen LogP contribution >= 0.6 is 0 Å². The third kappa shape index (κ3) is 9.08. The van der Waals surface area contributed by atoms with Gasteiger partial charge in [-0.3, -0.25) is 9.59 Å². The van der Waals surface area contributed by atoms with Crippen molar-refractivity contribution >= 4 is 11.8 Å². The Kier molecular flexibility index (Phi) is 10.4. The Hall–Kier alpha value is -2.28. The fraction of sp³-hybridized carbons (Fsp3) is 0.524. The average molecular weight is 396 g/mol. The Morgan fingerprint density at radius 3 is 2.36 bits per heavy atom. The molecule has 0 bridgehead atoms. The molecule has 0 fully saturated rings. The molecule has 0 aliphatic heterocycles. The predicted octanol–water partition coefficient (Wildman–Crippen LogP) is 3.01. The highest BCUT2D eigenvalue weighted by molar-refractivity contribution is 5.77. The van der Waals surface area contributed by atoms with Crippen molar-refractivity contribution < 1.29 is 23.5 Å². The molecule has 28 heavy (non-hydrogen) atoms. The molecule has 1 aromatic carbocycles. The van der Waals surface area contributed by atoms with Gasteiger partial charge in [0, 0.05) is 25.5 Å². The van der Waals surface area contributed by atoms with E-state index < -0.39 is 23.8 Å². The van der Waals surface area contributed by atoms with Gasteiger partial charge in [-0.15, -0.1) is 0 Å². The summed E-state index contributed by atoms with van der Waals surface area (Å²) in [6.07, 6.45) is 4.56. The van der Waals surface area contributed by atoms with Crippen LogP contribution in [0.5, 0.6) is 0 Å². The molecule has 0 aliphatic carbocycles. The Morgan fingerprint density at radius 2 is 1.82 bits per heavy atom. The third-order valence-corrected chi connectivity index (χ3v) is 4.30. The van der Waals surface area contributed by atoms with Crippen LogP contribution in [0.4, 0.5) is 8.78 Å². The molecule has 0 heterocycles. The molecular weight excluding hydrogens is 366 g/mol. The molecule has 3 N–H and O–H groups in total. The van der Waals surface area contributed by atoms with E-state index in [-0.39, 0.29) is 37.1 Å². The van der Waals surface area contributed by atoms with Gasteiger partial charge in [-0.05, 0) is 43.9 Å². The molecule has 0 aliphatic rings. The maximum Gasteiger partial charge on any atom is 0.224 e. The highest BCUT2D eigenvalue weighted by Crippen LogP contribution is 2.15. The minimum absolute atomic E-state index is 0.0702. The number of allylic oxidation sites excluding steroid dienone is 1. The van der Waals surface area contributed by atoms with Gasteiger partial charge in [0.15, 0.2) is 0 Å². The smallest absolute Gasteiger partial charge is 0.224 e. The van der Waals surface area contributed by atoms with Crippen molar-refractivity contribution in [3.63, 3.8) is 0 Å². The van der Waals surface area contributed by atoms with Crippen molar-refractivity contribution in [2.24, 2.45) is 0 Å². The van der Waals surface area contributed by atoms with Gasteiger partial charge in [-0.2, -0.15) is 0 Å². The number of amides is 2. The topological polar surface area (TPSA) is 78.4 Å². The van der Waals surface area contributed by atoms with Crippen molar-refractivity contribution in [3.05, 3.63) is 47.5 Å². The minimum atomic E-state index is -0.992. The predicted molar refractivity (Wildman–Crippen MR) is 105 cm³/mol. The van der Waals surface area contributed by atoms with E-state index in [1.165, 1.54) is 19.1 Å². The van der Waals surface area contributed by atoms with Crippen molar-refractivity contribution in [2.75, 3.05) is 0 Å². The first kappa shape index (κ1) is 23.8. The molecule has 156 valence electrons. The van der Waals surface area contributed by atoms with Crippen LogP contribution in [0.1, 0.15) is 52.0 Å². The van der Waals surface area contributed by atoms with Crippen LogP contribution in [0.15, 0.2) is 30.4 Å². The average Bonchev–Trinajstić information content (AvgIpc) is 2.58. The molecule has 2 amide bonds. The number of hydrogen-bond acceptors (Lipinski definition) is 3. The first-order valence-corrected chi connectivity index (χ1v) is 9.55. The zero-order valence-corrected chi connectivity index (χ0v) is 16.7. The number of carbonyl (C=O) groups is 2. The summed E-state index contributed by atoms with van der Waals surface area (Å²) >= 11 is 0. The molecule has 0 aromatic heterocycles. The van der Waals surface area contributed by atoms with E-state index in [1.54, 1.807) is 12.2 Å². The Balaban J connectivity index is 2.86. The van der Waals surface area contributed by atoms with Gasteiger partial charge in [-0.25, -0.2) is 8.78 Å². The molecular formula is C21H30F2N2O3. The summed E-state index contributed by atoms with van der Waals surface area (Å²) in [4.78, 5) is 23.5. The summed E-state index contributed by atoms with van der Waals surface area (Å²) in [6, 6.07) is 2.12. The van der Waals surface area contributed by atoms with E-state index in [0.29, 0.717) is 12.0 Å². The standard InChI is InChI=1S/C21H30F2N2O3/c1-4-6-8-21(28)25-18(7-5-2)13-20(27)19(24-14(3)26)11-15-9-16(22)12-17(23)10-15/h4,6,9-10,12,18-20,27H,5,7-8,11,13H2,1-3H3,(H,24,26)(H,25,28)/t18?,19-,20-/m0/s1. The molecule has 7 heteroatoms. The van der Waals surface area contributed by atoms with Crippen molar-refractivity contribution in [3.8, 4) is 0 Å². The number of aliphatic hydroxyl groups excluding tert-OH is 1. The van der Waals surface area contributed by atoms with E-state index in [9.17, 15) is 23.5 Å². The van der Waals surface area contributed by atoms with Crippen molar-refractivity contribution in [2.45, 2.75) is 71.1 Å².